The van der Waals surface area contributed by atoms with E-state index in [4.69, 9.17) is 4.74 Å². The van der Waals surface area contributed by atoms with Crippen molar-refractivity contribution in [3.8, 4) is 5.75 Å². The average Bonchev–Trinajstić information content (AvgIpc) is 3.07. The molecule has 1 amide bonds. The van der Waals surface area contributed by atoms with Gasteiger partial charge in [0, 0.05) is 5.69 Å². The number of rotatable bonds is 6. The molecule has 0 saturated carbocycles. The molecule has 0 bridgehead atoms. The molecule has 1 aliphatic rings. The molecule has 1 N–H and O–H groups in total. The van der Waals surface area contributed by atoms with Gasteiger partial charge >= 0.3 is 0 Å². The molecule has 1 unspecified atom stereocenters. The first kappa shape index (κ1) is 22.5. The summed E-state index contributed by atoms with van der Waals surface area (Å²) < 4.78 is 46.2. The van der Waals surface area contributed by atoms with Crippen LogP contribution in [0.5, 0.6) is 5.75 Å². The third-order valence-electron chi connectivity index (χ3n) is 5.39. The van der Waals surface area contributed by atoms with E-state index in [-0.39, 0.29) is 10.6 Å². The van der Waals surface area contributed by atoms with Crippen LogP contribution < -0.4 is 9.64 Å². The molecule has 0 saturated heterocycles. The van der Waals surface area contributed by atoms with Crippen molar-refractivity contribution in [2.45, 2.75) is 24.8 Å². The predicted molar refractivity (Wildman–Crippen MR) is 122 cm³/mol. The first-order chi connectivity index (χ1) is 15.7. The standard InChI is InChI=1S/C25H22FNO5S/c1-3-32-20-12-6-17(7-13-20)22-24(33(30,31)21-14-4-16(2)5-15-21)23(28)25(29)27(22)19-10-8-18(26)9-11-19/h4-15,22,28H,3H2,1-2H3. The highest BCUT2D eigenvalue weighted by molar-refractivity contribution is 7.95. The maximum atomic E-state index is 13.6. The first-order valence-electron chi connectivity index (χ1n) is 10.3. The van der Waals surface area contributed by atoms with Crippen LogP contribution >= 0.6 is 0 Å². The van der Waals surface area contributed by atoms with Crippen molar-refractivity contribution in [2.75, 3.05) is 11.5 Å². The van der Waals surface area contributed by atoms with E-state index in [1.54, 1.807) is 36.4 Å². The smallest absolute Gasteiger partial charge is 0.295 e. The van der Waals surface area contributed by atoms with E-state index in [0.717, 1.165) is 10.5 Å². The van der Waals surface area contributed by atoms with Crippen LogP contribution in [0, 0.1) is 12.7 Å². The van der Waals surface area contributed by atoms with E-state index in [0.29, 0.717) is 17.9 Å². The van der Waals surface area contributed by atoms with Crippen molar-refractivity contribution in [1.29, 1.82) is 0 Å². The minimum atomic E-state index is -4.24. The van der Waals surface area contributed by atoms with Gasteiger partial charge in [-0.1, -0.05) is 29.8 Å². The van der Waals surface area contributed by atoms with Gasteiger partial charge in [-0.25, -0.2) is 12.8 Å². The highest BCUT2D eigenvalue weighted by Gasteiger charge is 2.47. The van der Waals surface area contributed by atoms with E-state index in [9.17, 15) is 22.7 Å². The number of hydrogen-bond donors (Lipinski definition) is 1. The molecular formula is C25H22FNO5S. The molecule has 0 aliphatic carbocycles. The third kappa shape index (κ3) is 4.09. The molecule has 0 spiro atoms. The van der Waals surface area contributed by atoms with Crippen LogP contribution in [0.25, 0.3) is 0 Å². The van der Waals surface area contributed by atoms with Crippen LogP contribution in [0.15, 0.2) is 88.4 Å². The largest absolute Gasteiger partial charge is 0.502 e. The lowest BCUT2D eigenvalue weighted by Crippen LogP contribution is -2.31. The van der Waals surface area contributed by atoms with Gasteiger partial charge in [0.15, 0.2) is 5.76 Å². The number of amides is 1. The molecule has 8 heteroatoms. The number of aryl methyl sites for hydroxylation is 1. The zero-order valence-electron chi connectivity index (χ0n) is 18.0. The molecular weight excluding hydrogens is 445 g/mol. The molecule has 1 atom stereocenters. The Morgan fingerprint density at radius 2 is 1.58 bits per heavy atom. The van der Waals surface area contributed by atoms with Crippen LogP contribution in [0.1, 0.15) is 24.1 Å². The zero-order valence-corrected chi connectivity index (χ0v) is 18.8. The van der Waals surface area contributed by atoms with Crippen molar-refractivity contribution in [3.05, 3.63) is 100 Å². The lowest BCUT2D eigenvalue weighted by atomic mass is 10.1. The monoisotopic (exact) mass is 467 g/mol. The molecule has 1 heterocycles. The molecule has 3 aromatic rings. The normalized spacial score (nSPS) is 16.4. The Morgan fingerprint density at radius 3 is 2.15 bits per heavy atom. The van der Waals surface area contributed by atoms with Gasteiger partial charge in [-0.15, -0.1) is 0 Å². The molecule has 4 rings (SSSR count). The molecule has 170 valence electrons. The Balaban J connectivity index is 1.90. The first-order valence-corrected chi connectivity index (χ1v) is 11.8. The summed E-state index contributed by atoms with van der Waals surface area (Å²) >= 11 is 0. The predicted octanol–water partition coefficient (Wildman–Crippen LogP) is 4.86. The van der Waals surface area contributed by atoms with Crippen LogP contribution in [-0.4, -0.2) is 26.0 Å². The summed E-state index contributed by atoms with van der Waals surface area (Å²) in [6, 6.07) is 16.7. The quantitative estimate of drug-likeness (QED) is 0.560. The Hall–Kier alpha value is -3.65. The molecule has 0 aromatic heterocycles. The average molecular weight is 468 g/mol. The number of aliphatic hydroxyl groups is 1. The maximum absolute atomic E-state index is 13.6. The summed E-state index contributed by atoms with van der Waals surface area (Å²) in [6.45, 7) is 4.12. The molecule has 3 aromatic carbocycles. The van der Waals surface area contributed by atoms with E-state index in [1.165, 1.54) is 36.4 Å². The number of sulfone groups is 1. The lowest BCUT2D eigenvalue weighted by molar-refractivity contribution is -0.117. The van der Waals surface area contributed by atoms with Gasteiger partial charge in [0.05, 0.1) is 11.5 Å². The van der Waals surface area contributed by atoms with Crippen LogP contribution in [-0.2, 0) is 14.6 Å². The minimum absolute atomic E-state index is 0.0423. The Morgan fingerprint density at radius 1 is 0.970 bits per heavy atom. The number of halogens is 1. The van der Waals surface area contributed by atoms with E-state index in [1.807, 2.05) is 13.8 Å². The fraction of sp³-hybridized carbons (Fsp3) is 0.160. The third-order valence-corrected chi connectivity index (χ3v) is 7.28. The van der Waals surface area contributed by atoms with E-state index >= 15 is 0 Å². The number of benzene rings is 3. The lowest BCUT2D eigenvalue weighted by Gasteiger charge is -2.27. The number of carbonyl (C=O) groups is 1. The van der Waals surface area contributed by atoms with Crippen molar-refractivity contribution in [1.82, 2.24) is 0 Å². The van der Waals surface area contributed by atoms with Crippen molar-refractivity contribution in [2.24, 2.45) is 0 Å². The number of ether oxygens (including phenoxy) is 1. The summed E-state index contributed by atoms with van der Waals surface area (Å²) in [7, 11) is -4.24. The number of hydrogen-bond acceptors (Lipinski definition) is 5. The SMILES string of the molecule is CCOc1ccc(C2C(S(=O)(=O)c3ccc(C)cc3)=C(O)C(=O)N2c2ccc(F)cc2)cc1. The Labute approximate surface area is 191 Å². The highest BCUT2D eigenvalue weighted by atomic mass is 32.2. The number of aliphatic hydroxyl groups excluding tert-OH is 1. The summed E-state index contributed by atoms with van der Waals surface area (Å²) in [5.41, 5.74) is 1.57. The van der Waals surface area contributed by atoms with Gasteiger partial charge in [0.2, 0.25) is 9.84 Å². The maximum Gasteiger partial charge on any atom is 0.295 e. The second kappa shape index (κ2) is 8.71. The van der Waals surface area contributed by atoms with Gasteiger partial charge in [0.25, 0.3) is 5.91 Å². The van der Waals surface area contributed by atoms with Crippen LogP contribution in [0.2, 0.25) is 0 Å². The second-order valence-corrected chi connectivity index (χ2v) is 9.50. The summed E-state index contributed by atoms with van der Waals surface area (Å²) in [5.74, 6) is -1.67. The fourth-order valence-corrected chi connectivity index (χ4v) is 5.41. The highest BCUT2D eigenvalue weighted by Crippen LogP contribution is 2.45. The van der Waals surface area contributed by atoms with Crippen LogP contribution in [0.4, 0.5) is 10.1 Å². The van der Waals surface area contributed by atoms with Crippen LogP contribution in [0.3, 0.4) is 0 Å². The fourth-order valence-electron chi connectivity index (χ4n) is 3.78. The molecule has 1 aliphatic heterocycles. The zero-order chi connectivity index (χ0) is 23.8. The Kier molecular flexibility index (Phi) is 5.95. The number of nitrogens with zero attached hydrogens (tertiary/aromatic N) is 1. The number of carbonyl (C=O) groups excluding carboxylic acids is 1. The summed E-state index contributed by atoms with van der Waals surface area (Å²) in [6.07, 6.45) is 0. The van der Waals surface area contributed by atoms with Gasteiger partial charge in [-0.2, -0.15) is 0 Å². The molecule has 0 radical (unpaired) electrons. The van der Waals surface area contributed by atoms with Gasteiger partial charge < -0.3 is 9.84 Å². The van der Waals surface area contributed by atoms with E-state index in [2.05, 4.69) is 0 Å². The molecule has 6 nitrogen and oxygen atoms in total. The van der Waals surface area contributed by atoms with Gasteiger partial charge in [-0.3, -0.25) is 9.69 Å². The Bertz CT molecular complexity index is 1310. The second-order valence-electron chi connectivity index (χ2n) is 7.59. The van der Waals surface area contributed by atoms with Gasteiger partial charge in [-0.05, 0) is 67.9 Å². The van der Waals surface area contributed by atoms with Crippen molar-refractivity contribution >= 4 is 21.4 Å². The number of anilines is 1. The summed E-state index contributed by atoms with van der Waals surface area (Å²) in [5, 5.41) is 10.8. The minimum Gasteiger partial charge on any atom is -0.502 e. The van der Waals surface area contributed by atoms with E-state index < -0.39 is 38.3 Å². The van der Waals surface area contributed by atoms with Crippen molar-refractivity contribution < 1.29 is 27.4 Å². The molecule has 33 heavy (non-hydrogen) atoms. The topological polar surface area (TPSA) is 83.9 Å². The summed E-state index contributed by atoms with van der Waals surface area (Å²) in [4.78, 5) is 13.8. The molecule has 0 fully saturated rings. The van der Waals surface area contributed by atoms with Crippen molar-refractivity contribution in [3.63, 3.8) is 0 Å². The van der Waals surface area contributed by atoms with Gasteiger partial charge in [0.1, 0.15) is 22.5 Å².